The van der Waals surface area contributed by atoms with Crippen LogP contribution < -0.4 is 10.6 Å². The number of hydrogen-bond donors (Lipinski definition) is 2. The van der Waals surface area contributed by atoms with Gasteiger partial charge in [-0.15, -0.1) is 11.3 Å². The van der Waals surface area contributed by atoms with Crippen LogP contribution >= 0.6 is 11.3 Å². The second-order valence-corrected chi connectivity index (χ2v) is 6.66. The van der Waals surface area contributed by atoms with Crippen LogP contribution in [0, 0.1) is 0 Å². The van der Waals surface area contributed by atoms with Gasteiger partial charge in [0.2, 0.25) is 0 Å². The number of rotatable bonds is 2. The first-order chi connectivity index (χ1) is 8.47. The SMILES string of the molecule is CC(C)(C)c1nc(C(=O)N[C@H]2CCCNC2)cs1. The van der Waals surface area contributed by atoms with Gasteiger partial charge in [-0.3, -0.25) is 4.79 Å². The van der Waals surface area contributed by atoms with Crippen molar-refractivity contribution in [2.45, 2.75) is 45.1 Å². The summed E-state index contributed by atoms with van der Waals surface area (Å²) in [6.07, 6.45) is 2.17. The van der Waals surface area contributed by atoms with Crippen LogP contribution in [0.25, 0.3) is 0 Å². The molecule has 1 atom stereocenters. The van der Waals surface area contributed by atoms with E-state index in [1.807, 2.05) is 5.38 Å². The van der Waals surface area contributed by atoms with Crippen molar-refractivity contribution >= 4 is 17.2 Å². The molecule has 0 bridgehead atoms. The summed E-state index contributed by atoms with van der Waals surface area (Å²) in [7, 11) is 0. The van der Waals surface area contributed by atoms with Crippen LogP contribution in [0.2, 0.25) is 0 Å². The van der Waals surface area contributed by atoms with E-state index in [0.29, 0.717) is 5.69 Å². The van der Waals surface area contributed by atoms with Gasteiger partial charge in [0.05, 0.1) is 5.01 Å². The first kappa shape index (κ1) is 13.5. The lowest BCUT2D eigenvalue weighted by molar-refractivity contribution is 0.0926. The third-order valence-electron chi connectivity index (χ3n) is 3.01. The number of carbonyl (C=O) groups excluding carboxylic acids is 1. The standard InChI is InChI=1S/C13H21N3OS/c1-13(2,3)12-16-10(8-18-12)11(17)15-9-5-4-6-14-7-9/h8-9,14H,4-7H2,1-3H3,(H,15,17)/t9-/m0/s1. The molecule has 0 unspecified atom stereocenters. The number of thiazole rings is 1. The zero-order chi connectivity index (χ0) is 13.2. The Morgan fingerprint density at radius 3 is 2.89 bits per heavy atom. The molecule has 1 saturated heterocycles. The first-order valence-electron chi connectivity index (χ1n) is 6.44. The molecule has 1 aromatic heterocycles. The van der Waals surface area contributed by atoms with E-state index >= 15 is 0 Å². The molecular formula is C13H21N3OS. The Balaban J connectivity index is 1.98. The van der Waals surface area contributed by atoms with Crippen molar-refractivity contribution < 1.29 is 4.79 Å². The average Bonchev–Trinajstić information content (AvgIpc) is 2.79. The topological polar surface area (TPSA) is 54.0 Å². The highest BCUT2D eigenvalue weighted by Crippen LogP contribution is 2.25. The van der Waals surface area contributed by atoms with Crippen LogP contribution in [0.5, 0.6) is 0 Å². The molecule has 1 aromatic rings. The number of nitrogens with zero attached hydrogens (tertiary/aromatic N) is 1. The number of carbonyl (C=O) groups is 1. The van der Waals surface area contributed by atoms with Crippen molar-refractivity contribution in [3.8, 4) is 0 Å². The minimum Gasteiger partial charge on any atom is -0.347 e. The van der Waals surface area contributed by atoms with E-state index in [0.717, 1.165) is 30.9 Å². The average molecular weight is 267 g/mol. The van der Waals surface area contributed by atoms with Crippen LogP contribution in [0.15, 0.2) is 5.38 Å². The maximum atomic E-state index is 12.1. The molecule has 18 heavy (non-hydrogen) atoms. The Kier molecular flexibility index (Phi) is 4.02. The van der Waals surface area contributed by atoms with Crippen molar-refractivity contribution in [2.75, 3.05) is 13.1 Å². The van der Waals surface area contributed by atoms with Crippen molar-refractivity contribution in [3.05, 3.63) is 16.1 Å². The van der Waals surface area contributed by atoms with Gasteiger partial charge in [-0.05, 0) is 19.4 Å². The molecule has 0 aromatic carbocycles. The second-order valence-electron chi connectivity index (χ2n) is 5.80. The lowest BCUT2D eigenvalue weighted by atomic mass is 9.98. The van der Waals surface area contributed by atoms with E-state index in [1.165, 1.54) is 0 Å². The predicted molar refractivity (Wildman–Crippen MR) is 74.2 cm³/mol. The normalized spacial score (nSPS) is 20.7. The second kappa shape index (κ2) is 5.36. The molecule has 0 saturated carbocycles. The monoisotopic (exact) mass is 267 g/mol. The molecule has 100 valence electrons. The third-order valence-corrected chi connectivity index (χ3v) is 4.28. The highest BCUT2D eigenvalue weighted by molar-refractivity contribution is 7.10. The van der Waals surface area contributed by atoms with Gasteiger partial charge >= 0.3 is 0 Å². The van der Waals surface area contributed by atoms with E-state index in [1.54, 1.807) is 11.3 Å². The molecule has 5 heteroatoms. The van der Waals surface area contributed by atoms with Gasteiger partial charge in [-0.25, -0.2) is 4.98 Å². The Morgan fingerprint density at radius 1 is 1.56 bits per heavy atom. The van der Waals surface area contributed by atoms with E-state index in [2.05, 4.69) is 36.4 Å². The summed E-state index contributed by atoms with van der Waals surface area (Å²) in [6.45, 7) is 8.25. The largest absolute Gasteiger partial charge is 0.347 e. The van der Waals surface area contributed by atoms with Crippen molar-refractivity contribution in [1.29, 1.82) is 0 Å². The summed E-state index contributed by atoms with van der Waals surface area (Å²) in [6, 6.07) is 0.242. The molecule has 2 N–H and O–H groups in total. The predicted octanol–water partition coefficient (Wildman–Crippen LogP) is 1.92. The maximum Gasteiger partial charge on any atom is 0.271 e. The lowest BCUT2D eigenvalue weighted by Gasteiger charge is -2.23. The summed E-state index contributed by atoms with van der Waals surface area (Å²) in [5.74, 6) is -0.0459. The van der Waals surface area contributed by atoms with Gasteiger partial charge < -0.3 is 10.6 Å². The van der Waals surface area contributed by atoms with Gasteiger partial charge in [0.15, 0.2) is 0 Å². The van der Waals surface area contributed by atoms with E-state index in [4.69, 9.17) is 0 Å². The quantitative estimate of drug-likeness (QED) is 0.861. The smallest absolute Gasteiger partial charge is 0.271 e. The van der Waals surface area contributed by atoms with Gasteiger partial charge in [0, 0.05) is 23.4 Å². The fourth-order valence-electron chi connectivity index (χ4n) is 1.96. The highest BCUT2D eigenvalue weighted by atomic mass is 32.1. The Hall–Kier alpha value is -0.940. The van der Waals surface area contributed by atoms with Crippen LogP contribution in [0.3, 0.4) is 0 Å². The Morgan fingerprint density at radius 2 is 2.33 bits per heavy atom. The van der Waals surface area contributed by atoms with Crippen molar-refractivity contribution in [2.24, 2.45) is 0 Å². The Labute approximate surface area is 112 Å². The molecule has 1 aliphatic heterocycles. The molecule has 1 amide bonds. The molecule has 0 aliphatic carbocycles. The molecule has 1 fully saturated rings. The van der Waals surface area contributed by atoms with Gasteiger partial charge in [0.25, 0.3) is 5.91 Å². The fourth-order valence-corrected chi connectivity index (χ4v) is 2.84. The number of hydrogen-bond acceptors (Lipinski definition) is 4. The van der Waals surface area contributed by atoms with Gasteiger partial charge in [-0.1, -0.05) is 20.8 Å². The Bertz CT molecular complexity index is 416. The molecule has 0 spiro atoms. The van der Waals surface area contributed by atoms with Crippen molar-refractivity contribution in [3.63, 3.8) is 0 Å². The molecule has 0 radical (unpaired) electrons. The zero-order valence-electron chi connectivity index (χ0n) is 11.2. The summed E-state index contributed by atoms with van der Waals surface area (Å²) in [5, 5.41) is 9.19. The minimum absolute atomic E-state index is 0.00951. The van der Waals surface area contributed by atoms with E-state index in [-0.39, 0.29) is 17.4 Å². The molecule has 4 nitrogen and oxygen atoms in total. The van der Waals surface area contributed by atoms with Crippen LogP contribution in [0.4, 0.5) is 0 Å². The number of amides is 1. The van der Waals surface area contributed by atoms with Crippen molar-refractivity contribution in [1.82, 2.24) is 15.6 Å². The molecule has 1 aliphatic rings. The number of nitrogens with one attached hydrogen (secondary N) is 2. The summed E-state index contributed by atoms with van der Waals surface area (Å²) >= 11 is 1.56. The minimum atomic E-state index is -0.0459. The highest BCUT2D eigenvalue weighted by Gasteiger charge is 2.22. The summed E-state index contributed by atoms with van der Waals surface area (Å²) in [4.78, 5) is 16.5. The first-order valence-corrected chi connectivity index (χ1v) is 7.32. The van der Waals surface area contributed by atoms with Crippen LogP contribution in [-0.4, -0.2) is 30.0 Å². The maximum absolute atomic E-state index is 12.1. The van der Waals surface area contributed by atoms with Crippen LogP contribution in [-0.2, 0) is 5.41 Å². The molecule has 2 heterocycles. The van der Waals surface area contributed by atoms with Gasteiger partial charge in [-0.2, -0.15) is 0 Å². The molecular weight excluding hydrogens is 246 g/mol. The van der Waals surface area contributed by atoms with Gasteiger partial charge in [0.1, 0.15) is 5.69 Å². The number of aromatic nitrogens is 1. The summed E-state index contributed by atoms with van der Waals surface area (Å²) in [5.41, 5.74) is 0.561. The zero-order valence-corrected chi connectivity index (χ0v) is 12.1. The van der Waals surface area contributed by atoms with E-state index in [9.17, 15) is 4.79 Å². The van der Waals surface area contributed by atoms with E-state index < -0.39 is 0 Å². The lowest BCUT2D eigenvalue weighted by Crippen LogP contribution is -2.45. The number of piperidine rings is 1. The molecule has 2 rings (SSSR count). The summed E-state index contributed by atoms with van der Waals surface area (Å²) < 4.78 is 0. The third kappa shape index (κ3) is 3.29. The fraction of sp³-hybridized carbons (Fsp3) is 0.692. The van der Waals surface area contributed by atoms with Crippen LogP contribution in [0.1, 0.15) is 49.1 Å².